The number of carbonyl (C=O) groups excluding carboxylic acids is 1. The van der Waals surface area contributed by atoms with Crippen molar-refractivity contribution < 1.29 is 14.3 Å². The van der Waals surface area contributed by atoms with Gasteiger partial charge in [-0.1, -0.05) is 11.3 Å². The summed E-state index contributed by atoms with van der Waals surface area (Å²) in [4.78, 5) is 21.6. The molecule has 154 valence electrons. The number of amides is 1. The van der Waals surface area contributed by atoms with E-state index >= 15 is 0 Å². The first-order valence-electron chi connectivity index (χ1n) is 9.54. The topological polar surface area (TPSA) is 72.7 Å². The maximum atomic E-state index is 12.7. The maximum Gasteiger partial charge on any atom is 0.257 e. The van der Waals surface area contributed by atoms with Gasteiger partial charge in [0.05, 0.1) is 26.0 Å². The summed E-state index contributed by atoms with van der Waals surface area (Å²) in [6, 6.07) is 4.00. The predicted octanol–water partition coefficient (Wildman–Crippen LogP) is 2.79. The Kier molecular flexibility index (Phi) is 5.31. The summed E-state index contributed by atoms with van der Waals surface area (Å²) in [5, 5.41) is 5.06. The quantitative estimate of drug-likeness (QED) is 0.638. The highest BCUT2D eigenvalue weighted by Crippen LogP contribution is 2.40. The molecule has 1 aliphatic heterocycles. The largest absolute Gasteiger partial charge is 0.495 e. The van der Waals surface area contributed by atoms with Crippen LogP contribution in [0.25, 0.3) is 10.2 Å². The van der Waals surface area contributed by atoms with E-state index in [0.717, 1.165) is 52.8 Å². The fourth-order valence-electron chi connectivity index (χ4n) is 3.76. The van der Waals surface area contributed by atoms with Crippen LogP contribution in [0.1, 0.15) is 23.2 Å². The van der Waals surface area contributed by atoms with Gasteiger partial charge in [-0.25, -0.2) is 4.98 Å². The minimum atomic E-state index is 0.0195. The third kappa shape index (κ3) is 3.62. The molecule has 1 fully saturated rings. The molecule has 0 bridgehead atoms. The number of hydrogen-bond donors (Lipinski definition) is 0. The number of carbonyl (C=O) groups is 1. The summed E-state index contributed by atoms with van der Waals surface area (Å²) in [6.07, 6.45) is 5.17. The van der Waals surface area contributed by atoms with E-state index in [2.05, 4.69) is 10.00 Å². The van der Waals surface area contributed by atoms with E-state index < -0.39 is 0 Å². The van der Waals surface area contributed by atoms with Crippen LogP contribution in [0.15, 0.2) is 24.5 Å². The van der Waals surface area contributed by atoms with E-state index in [0.29, 0.717) is 5.56 Å². The molecule has 0 aliphatic carbocycles. The van der Waals surface area contributed by atoms with Gasteiger partial charge >= 0.3 is 0 Å². The molecule has 4 rings (SSSR count). The number of aryl methyl sites for hydroxylation is 1. The maximum absolute atomic E-state index is 12.7. The monoisotopic (exact) mass is 415 g/mol. The van der Waals surface area contributed by atoms with Gasteiger partial charge in [-0.05, 0) is 25.0 Å². The Morgan fingerprint density at radius 2 is 1.90 bits per heavy atom. The first-order valence-corrected chi connectivity index (χ1v) is 10.4. The average molecular weight is 416 g/mol. The van der Waals surface area contributed by atoms with Crippen LogP contribution in [0.4, 0.5) is 5.13 Å². The normalized spacial score (nSPS) is 15.0. The summed E-state index contributed by atoms with van der Waals surface area (Å²) in [6.45, 7) is 1.69. The van der Waals surface area contributed by atoms with Gasteiger partial charge in [0.1, 0.15) is 21.7 Å². The Morgan fingerprint density at radius 1 is 1.21 bits per heavy atom. The Hall–Kier alpha value is -2.81. The van der Waals surface area contributed by atoms with Gasteiger partial charge in [0, 0.05) is 39.4 Å². The fraction of sp³-hybridized carbons (Fsp3) is 0.450. The van der Waals surface area contributed by atoms with Crippen molar-refractivity contribution in [3.63, 3.8) is 0 Å². The zero-order valence-electron chi connectivity index (χ0n) is 17.1. The Labute approximate surface area is 173 Å². The number of fused-ring (bicyclic) bond motifs is 1. The van der Waals surface area contributed by atoms with Crippen LogP contribution < -0.4 is 14.4 Å². The van der Waals surface area contributed by atoms with Gasteiger partial charge < -0.3 is 19.3 Å². The van der Waals surface area contributed by atoms with Crippen LogP contribution in [-0.2, 0) is 7.05 Å². The molecular weight excluding hydrogens is 390 g/mol. The number of hydrogen-bond acceptors (Lipinski definition) is 7. The number of piperidine rings is 1. The van der Waals surface area contributed by atoms with Crippen molar-refractivity contribution in [3.8, 4) is 11.5 Å². The molecule has 8 nitrogen and oxygen atoms in total. The molecule has 1 amide bonds. The van der Waals surface area contributed by atoms with Crippen LogP contribution in [0.3, 0.4) is 0 Å². The van der Waals surface area contributed by atoms with Crippen molar-refractivity contribution in [2.24, 2.45) is 7.05 Å². The van der Waals surface area contributed by atoms with Crippen molar-refractivity contribution in [1.29, 1.82) is 0 Å². The molecule has 0 spiro atoms. The van der Waals surface area contributed by atoms with Crippen LogP contribution in [0.2, 0.25) is 0 Å². The molecule has 0 radical (unpaired) electrons. The van der Waals surface area contributed by atoms with Crippen molar-refractivity contribution in [2.45, 2.75) is 18.9 Å². The van der Waals surface area contributed by atoms with Gasteiger partial charge in [-0.15, -0.1) is 0 Å². The SMILES string of the molecule is COc1ccc(OC)c2sc(N3CCC(N(C)C(=O)c4cnn(C)c4)CC3)nc12. The molecule has 1 aliphatic rings. The zero-order chi connectivity index (χ0) is 20.5. The van der Waals surface area contributed by atoms with Gasteiger partial charge in [-0.2, -0.15) is 5.10 Å². The Bertz CT molecular complexity index is 981. The van der Waals surface area contributed by atoms with E-state index in [9.17, 15) is 4.79 Å². The number of anilines is 1. The Balaban J connectivity index is 1.47. The minimum absolute atomic E-state index is 0.0195. The zero-order valence-corrected chi connectivity index (χ0v) is 17.9. The molecule has 0 saturated carbocycles. The average Bonchev–Trinajstić information content (AvgIpc) is 3.39. The van der Waals surface area contributed by atoms with E-state index in [1.807, 2.05) is 31.1 Å². The summed E-state index contributed by atoms with van der Waals surface area (Å²) < 4.78 is 13.6. The summed E-state index contributed by atoms with van der Waals surface area (Å²) in [5.41, 5.74) is 1.46. The van der Waals surface area contributed by atoms with Crippen LogP contribution in [0.5, 0.6) is 11.5 Å². The summed E-state index contributed by atoms with van der Waals surface area (Å²) >= 11 is 1.62. The number of benzene rings is 1. The second-order valence-corrected chi connectivity index (χ2v) is 8.16. The predicted molar refractivity (Wildman–Crippen MR) is 113 cm³/mol. The third-order valence-electron chi connectivity index (χ3n) is 5.45. The molecule has 1 saturated heterocycles. The number of thiazole rings is 1. The molecule has 0 atom stereocenters. The number of aromatic nitrogens is 3. The Morgan fingerprint density at radius 3 is 2.52 bits per heavy atom. The van der Waals surface area contributed by atoms with Crippen molar-refractivity contribution >= 4 is 32.6 Å². The molecule has 2 aromatic heterocycles. The molecule has 1 aromatic carbocycles. The fourth-order valence-corrected chi connectivity index (χ4v) is 4.88. The molecule has 9 heteroatoms. The highest BCUT2D eigenvalue weighted by Gasteiger charge is 2.28. The summed E-state index contributed by atoms with van der Waals surface area (Å²) in [5.74, 6) is 1.58. The van der Waals surface area contributed by atoms with Gasteiger partial charge in [-0.3, -0.25) is 9.48 Å². The number of rotatable bonds is 5. The van der Waals surface area contributed by atoms with Crippen LogP contribution in [-0.4, -0.2) is 66.0 Å². The van der Waals surface area contributed by atoms with Crippen LogP contribution in [0, 0.1) is 0 Å². The lowest BCUT2D eigenvalue weighted by molar-refractivity contribution is 0.0709. The minimum Gasteiger partial charge on any atom is -0.495 e. The number of ether oxygens (including phenoxy) is 2. The lowest BCUT2D eigenvalue weighted by atomic mass is 10.0. The first kappa shape index (κ1) is 19.5. The lowest BCUT2D eigenvalue weighted by Crippen LogP contribution is -2.45. The second-order valence-electron chi connectivity index (χ2n) is 7.18. The van der Waals surface area contributed by atoms with Gasteiger partial charge in [0.2, 0.25) is 0 Å². The van der Waals surface area contributed by atoms with E-state index in [1.165, 1.54) is 0 Å². The molecule has 3 heterocycles. The van der Waals surface area contributed by atoms with Crippen molar-refractivity contribution in [2.75, 3.05) is 39.3 Å². The van der Waals surface area contributed by atoms with Crippen molar-refractivity contribution in [1.82, 2.24) is 19.7 Å². The van der Waals surface area contributed by atoms with E-state index in [1.54, 1.807) is 42.6 Å². The third-order valence-corrected chi connectivity index (χ3v) is 6.58. The molecular formula is C20H25N5O3S. The van der Waals surface area contributed by atoms with E-state index in [-0.39, 0.29) is 11.9 Å². The standard InChI is InChI=1S/C20H25N5O3S/c1-23-12-13(11-21-23)19(26)24(2)14-7-9-25(10-8-14)20-22-17-15(27-3)5-6-16(28-4)18(17)29-20/h5-6,11-12,14H,7-10H2,1-4H3. The highest BCUT2D eigenvalue weighted by atomic mass is 32.1. The van der Waals surface area contributed by atoms with Crippen molar-refractivity contribution in [3.05, 3.63) is 30.1 Å². The van der Waals surface area contributed by atoms with E-state index in [4.69, 9.17) is 14.5 Å². The van der Waals surface area contributed by atoms with Crippen LogP contribution >= 0.6 is 11.3 Å². The first-order chi connectivity index (χ1) is 14.0. The van der Waals surface area contributed by atoms with Gasteiger partial charge in [0.15, 0.2) is 5.13 Å². The molecule has 0 unspecified atom stereocenters. The highest BCUT2D eigenvalue weighted by molar-refractivity contribution is 7.22. The second kappa shape index (κ2) is 7.90. The lowest BCUT2D eigenvalue weighted by Gasteiger charge is -2.36. The number of methoxy groups -OCH3 is 2. The molecule has 29 heavy (non-hydrogen) atoms. The summed E-state index contributed by atoms with van der Waals surface area (Å²) in [7, 11) is 7.02. The smallest absolute Gasteiger partial charge is 0.257 e. The molecule has 3 aromatic rings. The van der Waals surface area contributed by atoms with Gasteiger partial charge in [0.25, 0.3) is 5.91 Å². The molecule has 0 N–H and O–H groups in total. The number of nitrogens with zero attached hydrogens (tertiary/aromatic N) is 5.